The fourth-order valence-electron chi connectivity index (χ4n) is 6.12. The minimum atomic E-state index is -5.03. The van der Waals surface area contributed by atoms with Crippen LogP contribution in [0.1, 0.15) is 142 Å². The number of unbranched alkanes of at least 4 members (excludes halogenated alkanes) is 11. The molecule has 6 atom stereocenters. The molecule has 0 aliphatic heterocycles. The maximum Gasteiger partial charge on any atom is 0.472 e. The molecule has 0 aromatic rings. The van der Waals surface area contributed by atoms with E-state index in [9.17, 15) is 39.8 Å². The number of phosphoric acid groups is 1. The number of phosphoric ester groups is 1. The van der Waals surface area contributed by atoms with Crippen molar-refractivity contribution in [3.8, 4) is 0 Å². The number of carbonyl (C=O) groups is 1. The van der Waals surface area contributed by atoms with Crippen molar-refractivity contribution in [3.05, 3.63) is 72.9 Å². The zero-order valence-corrected chi connectivity index (χ0v) is 36.2. The third-order valence-corrected chi connectivity index (χ3v) is 10.6. The van der Waals surface area contributed by atoms with E-state index in [-0.39, 0.29) is 13.0 Å². The van der Waals surface area contributed by atoms with Crippen LogP contribution in [0.4, 0.5) is 0 Å². The molecule has 0 aromatic heterocycles. The van der Waals surface area contributed by atoms with Gasteiger partial charge in [0.1, 0.15) is 42.7 Å². The van der Waals surface area contributed by atoms with Crippen LogP contribution in [-0.4, -0.2) is 98.9 Å². The molecule has 58 heavy (non-hydrogen) atoms. The van der Waals surface area contributed by atoms with Crippen molar-refractivity contribution in [2.75, 3.05) is 19.8 Å². The number of hydrogen-bond donors (Lipinski definition) is 6. The Morgan fingerprint density at radius 2 is 1.02 bits per heavy atom. The van der Waals surface area contributed by atoms with E-state index in [0.717, 1.165) is 70.6 Å². The van der Waals surface area contributed by atoms with E-state index < -0.39 is 63.1 Å². The molecule has 0 radical (unpaired) electrons. The van der Waals surface area contributed by atoms with Crippen LogP contribution >= 0.6 is 7.82 Å². The van der Waals surface area contributed by atoms with Crippen molar-refractivity contribution in [2.24, 2.45) is 0 Å². The predicted octanol–water partition coefficient (Wildman–Crippen LogP) is 8.41. The second kappa shape index (κ2) is 35.5. The van der Waals surface area contributed by atoms with Crippen molar-refractivity contribution in [3.63, 3.8) is 0 Å². The van der Waals surface area contributed by atoms with Crippen molar-refractivity contribution in [1.82, 2.24) is 0 Å². The molecule has 0 amide bonds. The first-order valence-electron chi connectivity index (χ1n) is 21.8. The van der Waals surface area contributed by atoms with E-state index in [1.807, 2.05) is 0 Å². The van der Waals surface area contributed by atoms with Gasteiger partial charge in [0, 0.05) is 13.0 Å². The number of aliphatic hydroxyl groups is 5. The highest BCUT2D eigenvalue weighted by atomic mass is 31.2. The van der Waals surface area contributed by atoms with E-state index in [1.54, 1.807) is 0 Å². The van der Waals surface area contributed by atoms with Gasteiger partial charge in [-0.3, -0.25) is 13.8 Å². The third kappa shape index (κ3) is 27.5. The van der Waals surface area contributed by atoms with Crippen molar-refractivity contribution < 1.29 is 58.3 Å². The van der Waals surface area contributed by atoms with Crippen molar-refractivity contribution in [1.29, 1.82) is 0 Å². The van der Waals surface area contributed by atoms with E-state index in [2.05, 4.69) is 86.8 Å². The molecule has 6 N–H and O–H groups in total. The smallest absolute Gasteiger partial charge is 0.457 e. The normalized spacial score (nSPS) is 23.4. The maximum atomic E-state index is 12.8. The average Bonchev–Trinajstić information content (AvgIpc) is 3.21. The Hall–Kier alpha value is -2.22. The van der Waals surface area contributed by atoms with Gasteiger partial charge in [0.2, 0.25) is 0 Å². The van der Waals surface area contributed by atoms with Crippen LogP contribution < -0.4 is 0 Å². The standard InChI is InChI=1S/C45H77O12P/c1-3-5-7-9-11-13-15-16-17-18-19-20-21-22-23-24-25-26-28-30-32-34-39(46)56-38(36-54-35-33-31-29-27-14-12-10-8-6-4-2)37-55-58(52,53)57-45-43(50)41(48)40(47)42(49)44(45)51/h5,7,11,13,16-17,19-20,22-23,25-26,38,40-45,47-51H,3-4,6,8-10,12,14-15,18,21,24,27-37H2,1-2H3,(H,52,53)/b7-5-,13-11-,17-16-,20-19-,23-22-,26-25-. The number of carbonyl (C=O) groups excluding carboxylic acids is 1. The van der Waals surface area contributed by atoms with Gasteiger partial charge >= 0.3 is 13.8 Å². The minimum Gasteiger partial charge on any atom is -0.457 e. The van der Waals surface area contributed by atoms with Gasteiger partial charge in [-0.1, -0.05) is 145 Å². The van der Waals surface area contributed by atoms with Crippen molar-refractivity contribution in [2.45, 2.75) is 185 Å². The van der Waals surface area contributed by atoms with Crippen LogP contribution in [0.2, 0.25) is 0 Å². The minimum absolute atomic E-state index is 0.0972. The molecule has 1 aliphatic carbocycles. The molecule has 0 saturated heterocycles. The molecule has 13 heteroatoms. The maximum absolute atomic E-state index is 12.8. The Labute approximate surface area is 349 Å². The number of hydrogen-bond acceptors (Lipinski definition) is 11. The lowest BCUT2D eigenvalue weighted by Crippen LogP contribution is -2.64. The summed E-state index contributed by atoms with van der Waals surface area (Å²) in [6.45, 7) is 4.06. The molecular formula is C45H77O12P. The van der Waals surface area contributed by atoms with Crippen LogP contribution in [0.3, 0.4) is 0 Å². The molecule has 0 bridgehead atoms. The Kier molecular flexibility index (Phi) is 33.0. The summed E-state index contributed by atoms with van der Waals surface area (Å²) in [7, 11) is -5.03. The lowest BCUT2D eigenvalue weighted by molar-refractivity contribution is -0.220. The van der Waals surface area contributed by atoms with Gasteiger partial charge < -0.3 is 39.9 Å². The first kappa shape index (κ1) is 53.8. The van der Waals surface area contributed by atoms with E-state index in [4.69, 9.17) is 18.5 Å². The quantitative estimate of drug-likeness (QED) is 0.0155. The molecular weight excluding hydrogens is 763 g/mol. The topological polar surface area (TPSA) is 192 Å². The fraction of sp³-hybridized carbons (Fsp3) is 0.711. The van der Waals surface area contributed by atoms with E-state index >= 15 is 0 Å². The van der Waals surface area contributed by atoms with Crippen LogP contribution in [0.15, 0.2) is 72.9 Å². The molecule has 1 aliphatic rings. The van der Waals surface area contributed by atoms with E-state index in [0.29, 0.717) is 13.0 Å². The van der Waals surface area contributed by atoms with Gasteiger partial charge in [-0.05, 0) is 64.2 Å². The molecule has 1 fully saturated rings. The summed E-state index contributed by atoms with van der Waals surface area (Å²) in [4.78, 5) is 23.1. The summed E-state index contributed by atoms with van der Waals surface area (Å²) in [6, 6.07) is 0. The summed E-state index contributed by atoms with van der Waals surface area (Å²) in [5, 5.41) is 50.1. The highest BCUT2D eigenvalue weighted by Gasteiger charge is 2.51. The Morgan fingerprint density at radius 1 is 0.569 bits per heavy atom. The van der Waals surface area contributed by atoms with Gasteiger partial charge in [-0.25, -0.2) is 4.57 Å². The molecule has 0 heterocycles. The first-order chi connectivity index (χ1) is 28.0. The zero-order valence-electron chi connectivity index (χ0n) is 35.3. The summed E-state index contributed by atoms with van der Waals surface area (Å²) < 4.78 is 34.0. The van der Waals surface area contributed by atoms with Gasteiger partial charge in [0.25, 0.3) is 0 Å². The highest BCUT2D eigenvalue weighted by molar-refractivity contribution is 7.47. The molecule has 1 saturated carbocycles. The fourth-order valence-corrected chi connectivity index (χ4v) is 7.09. The van der Waals surface area contributed by atoms with Crippen LogP contribution in [-0.2, 0) is 27.9 Å². The summed E-state index contributed by atoms with van der Waals surface area (Å²) in [6.07, 6.45) is 32.7. The van der Waals surface area contributed by atoms with Gasteiger partial charge in [-0.15, -0.1) is 0 Å². The largest absolute Gasteiger partial charge is 0.472 e. The van der Waals surface area contributed by atoms with Crippen LogP contribution in [0.5, 0.6) is 0 Å². The molecule has 12 nitrogen and oxygen atoms in total. The Balaban J connectivity index is 2.44. The number of ether oxygens (including phenoxy) is 2. The number of esters is 1. The molecule has 0 spiro atoms. The third-order valence-electron chi connectivity index (χ3n) is 9.59. The predicted molar refractivity (Wildman–Crippen MR) is 230 cm³/mol. The second-order valence-corrected chi connectivity index (χ2v) is 16.2. The van der Waals surface area contributed by atoms with Gasteiger partial charge in [-0.2, -0.15) is 0 Å². The Morgan fingerprint density at radius 3 is 1.52 bits per heavy atom. The second-order valence-electron chi connectivity index (χ2n) is 14.8. The zero-order chi connectivity index (χ0) is 42.7. The number of aliphatic hydroxyl groups excluding tert-OH is 5. The molecule has 0 aromatic carbocycles. The first-order valence-corrected chi connectivity index (χ1v) is 23.3. The summed E-state index contributed by atoms with van der Waals surface area (Å²) in [5.41, 5.74) is 0. The van der Waals surface area contributed by atoms with Gasteiger partial charge in [0.15, 0.2) is 0 Å². The number of allylic oxidation sites excluding steroid dienone is 12. The summed E-state index contributed by atoms with van der Waals surface area (Å²) in [5.74, 6) is -0.522. The van der Waals surface area contributed by atoms with Crippen molar-refractivity contribution >= 4 is 13.8 Å². The lowest BCUT2D eigenvalue weighted by Gasteiger charge is -2.41. The van der Waals surface area contributed by atoms with Gasteiger partial charge in [0.05, 0.1) is 13.2 Å². The molecule has 334 valence electrons. The average molecular weight is 841 g/mol. The summed E-state index contributed by atoms with van der Waals surface area (Å²) >= 11 is 0. The SMILES string of the molecule is CC/C=C\C/C=C\C/C=C\C/C=C\C/C=C\C/C=C\CCCCC(=O)OC(COCCCCCCCCCCCC)COP(=O)(O)OC1C(O)C(O)C(O)C(O)C1O. The monoisotopic (exact) mass is 841 g/mol. The molecule has 6 unspecified atom stereocenters. The van der Waals surface area contributed by atoms with E-state index in [1.165, 1.54) is 44.9 Å². The highest BCUT2D eigenvalue weighted by Crippen LogP contribution is 2.47. The van der Waals surface area contributed by atoms with Crippen LogP contribution in [0.25, 0.3) is 0 Å². The lowest BCUT2D eigenvalue weighted by atomic mass is 9.85. The molecule has 1 rings (SSSR count). The van der Waals surface area contributed by atoms with Crippen LogP contribution in [0, 0.1) is 0 Å². The Bertz CT molecular complexity index is 1230. The number of rotatable bonds is 35.